The Morgan fingerprint density at radius 3 is 2.44 bits per heavy atom. The quantitative estimate of drug-likeness (QED) is 0.223. The lowest BCUT2D eigenvalue weighted by molar-refractivity contribution is 0.278. The summed E-state index contributed by atoms with van der Waals surface area (Å²) < 4.78 is 25.4. The topological polar surface area (TPSA) is 118 Å². The van der Waals surface area contributed by atoms with E-state index in [0.717, 1.165) is 13.0 Å². The molecule has 2 N–H and O–H groups in total. The fourth-order valence-electron chi connectivity index (χ4n) is 5.19. The van der Waals surface area contributed by atoms with Gasteiger partial charge in [-0.25, -0.2) is 4.39 Å². The van der Waals surface area contributed by atoms with Gasteiger partial charge >= 0.3 is 0 Å². The molecule has 2 aromatic heterocycles. The van der Waals surface area contributed by atoms with Crippen LogP contribution in [0.4, 0.5) is 15.8 Å². The normalized spacial score (nSPS) is 18.3. The third kappa shape index (κ3) is 6.93. The van der Waals surface area contributed by atoms with E-state index in [1.165, 1.54) is 30.5 Å². The van der Waals surface area contributed by atoms with Crippen molar-refractivity contribution in [3.05, 3.63) is 77.0 Å². The van der Waals surface area contributed by atoms with Gasteiger partial charge in [-0.1, -0.05) is 38.1 Å². The first-order valence-electron chi connectivity index (χ1n) is 14.9. The maximum Gasteiger partial charge on any atom is 0.123 e. The standard InChI is InChI=1S/C33H38FN9/c1-32(2,3)20-38-30-23(16-36)17-37-29-22(15-35)13-25(14-27(29)30)39-31(21-7-9-24(34)10-8-21)28-19-42(41-40-28)12-11-26-18-43(26)33(4,5)6/h7-10,13-14,17,19,26,31,39H,11-12,18,20H2,1-6H3,(H,37,38)/t26?,31-,43?/m0/s1/i31D. The first-order chi connectivity index (χ1) is 20.7. The van der Waals surface area contributed by atoms with Gasteiger partial charge in [-0.3, -0.25) is 14.6 Å². The average molecular weight is 581 g/mol. The lowest BCUT2D eigenvalue weighted by Gasteiger charge is -2.22. The molecule has 2 unspecified atom stereocenters. The molecule has 43 heavy (non-hydrogen) atoms. The van der Waals surface area contributed by atoms with Crippen LogP contribution in [-0.4, -0.2) is 49.5 Å². The van der Waals surface area contributed by atoms with Crippen molar-refractivity contribution in [1.82, 2.24) is 24.9 Å². The molecule has 222 valence electrons. The zero-order valence-electron chi connectivity index (χ0n) is 26.5. The number of nitrogens with zero attached hydrogens (tertiary/aromatic N) is 7. The number of aromatic nitrogens is 4. The molecule has 3 atom stereocenters. The van der Waals surface area contributed by atoms with Crippen molar-refractivity contribution < 1.29 is 5.76 Å². The smallest absolute Gasteiger partial charge is 0.123 e. The predicted molar refractivity (Wildman–Crippen MR) is 166 cm³/mol. The summed E-state index contributed by atoms with van der Waals surface area (Å²) in [6, 6.07) is 12.3. The van der Waals surface area contributed by atoms with E-state index in [1.54, 1.807) is 23.0 Å². The minimum Gasteiger partial charge on any atom is -0.383 e. The van der Waals surface area contributed by atoms with Crippen LogP contribution < -0.4 is 10.6 Å². The molecule has 1 saturated heterocycles. The molecule has 3 heterocycles. The number of nitrogens with one attached hydrogen (secondary N) is 2. The number of aryl methyl sites for hydroxylation is 1. The van der Waals surface area contributed by atoms with E-state index >= 15 is 0 Å². The molecule has 1 aliphatic heterocycles. The van der Waals surface area contributed by atoms with E-state index in [-0.39, 0.29) is 16.5 Å². The Morgan fingerprint density at radius 2 is 1.81 bits per heavy atom. The second-order valence-corrected chi connectivity index (χ2v) is 13.2. The van der Waals surface area contributed by atoms with Gasteiger partial charge in [0.25, 0.3) is 0 Å². The molecule has 10 heteroatoms. The molecule has 5 rings (SSSR count). The van der Waals surface area contributed by atoms with E-state index in [4.69, 9.17) is 0 Å². The SMILES string of the molecule is [2H][C@](Nc1cc(C#N)c2ncc(C#N)c(NCC(C)(C)C)c2c1)(c1ccc(F)cc1)c1cn(CCC2CN2C(C)(C)C)nn1. The van der Waals surface area contributed by atoms with Gasteiger partial charge < -0.3 is 10.6 Å². The zero-order chi connectivity index (χ0) is 31.9. The van der Waals surface area contributed by atoms with Gasteiger partial charge in [0.2, 0.25) is 0 Å². The largest absolute Gasteiger partial charge is 0.383 e. The van der Waals surface area contributed by atoms with Crippen molar-refractivity contribution in [3.63, 3.8) is 0 Å². The van der Waals surface area contributed by atoms with Crippen LogP contribution in [0, 0.1) is 33.9 Å². The summed E-state index contributed by atoms with van der Waals surface area (Å²) in [7, 11) is 0. The van der Waals surface area contributed by atoms with Crippen LogP contribution in [0.25, 0.3) is 10.9 Å². The first kappa shape index (κ1) is 28.6. The maximum absolute atomic E-state index is 14.0. The molecule has 0 saturated carbocycles. The first-order valence-corrected chi connectivity index (χ1v) is 14.4. The molecular formula is C33H38FN9. The van der Waals surface area contributed by atoms with Crippen molar-refractivity contribution in [2.45, 2.75) is 72.1 Å². The van der Waals surface area contributed by atoms with Crippen LogP contribution in [0.15, 0.2) is 48.8 Å². The molecule has 0 spiro atoms. The predicted octanol–water partition coefficient (Wildman–Crippen LogP) is 6.24. The van der Waals surface area contributed by atoms with Crippen LogP contribution in [0.1, 0.15) is 77.7 Å². The molecule has 9 nitrogen and oxygen atoms in total. The van der Waals surface area contributed by atoms with Crippen molar-refractivity contribution in [2.75, 3.05) is 23.7 Å². The van der Waals surface area contributed by atoms with Crippen molar-refractivity contribution in [1.29, 1.82) is 10.5 Å². The van der Waals surface area contributed by atoms with Gasteiger partial charge in [-0.05, 0) is 62.4 Å². The summed E-state index contributed by atoms with van der Waals surface area (Å²) in [5.74, 6) is -0.422. The lowest BCUT2D eigenvalue weighted by Crippen LogP contribution is -2.27. The van der Waals surface area contributed by atoms with Crippen molar-refractivity contribution in [2.24, 2.45) is 5.41 Å². The Hall–Kier alpha value is -4.54. The highest BCUT2D eigenvalue weighted by Crippen LogP contribution is 2.35. The molecule has 2 aromatic carbocycles. The van der Waals surface area contributed by atoms with Crippen molar-refractivity contribution in [3.8, 4) is 12.1 Å². The van der Waals surface area contributed by atoms with Gasteiger partial charge in [-0.2, -0.15) is 10.5 Å². The summed E-state index contributed by atoms with van der Waals surface area (Å²) in [6.07, 6.45) is 4.12. The van der Waals surface area contributed by atoms with E-state index in [0.29, 0.717) is 58.2 Å². The second-order valence-electron chi connectivity index (χ2n) is 13.2. The number of benzene rings is 2. The number of hydrogen-bond acceptors (Lipinski definition) is 8. The molecule has 1 fully saturated rings. The minimum absolute atomic E-state index is 0.0779. The Labute approximate surface area is 253 Å². The average Bonchev–Trinajstić information content (AvgIpc) is 3.61. The second kappa shape index (κ2) is 11.6. The summed E-state index contributed by atoms with van der Waals surface area (Å²) in [6.45, 7) is 15.1. The van der Waals surface area contributed by atoms with E-state index < -0.39 is 11.8 Å². The summed E-state index contributed by atoms with van der Waals surface area (Å²) >= 11 is 0. The van der Waals surface area contributed by atoms with Crippen LogP contribution in [-0.2, 0) is 6.54 Å². The minimum atomic E-state index is -1.68. The molecule has 1 aliphatic rings. The highest BCUT2D eigenvalue weighted by atomic mass is 19.1. The number of anilines is 2. The third-order valence-electron chi connectivity index (χ3n) is 7.47. The van der Waals surface area contributed by atoms with E-state index in [2.05, 4.69) is 84.5 Å². The highest BCUT2D eigenvalue weighted by Gasteiger charge is 2.41. The Bertz CT molecular complexity index is 1760. The fraction of sp³-hybridized carbons (Fsp3) is 0.424. The number of rotatable bonds is 9. The van der Waals surface area contributed by atoms with E-state index in [9.17, 15) is 16.3 Å². The fourth-order valence-corrected chi connectivity index (χ4v) is 5.19. The molecule has 4 aromatic rings. The highest BCUT2D eigenvalue weighted by molar-refractivity contribution is 5.99. The summed E-state index contributed by atoms with van der Waals surface area (Å²) in [5.41, 5.74) is 2.90. The number of halogens is 1. The molecule has 0 radical (unpaired) electrons. The molecule has 0 aliphatic carbocycles. The maximum atomic E-state index is 14.0. The lowest BCUT2D eigenvalue weighted by atomic mass is 9.96. The number of nitriles is 2. The van der Waals surface area contributed by atoms with Gasteiger partial charge in [0.05, 0.1) is 35.9 Å². The summed E-state index contributed by atoms with van der Waals surface area (Å²) in [4.78, 5) is 6.86. The van der Waals surface area contributed by atoms with Crippen LogP contribution in [0.2, 0.25) is 0 Å². The van der Waals surface area contributed by atoms with Crippen LogP contribution in [0.3, 0.4) is 0 Å². The van der Waals surface area contributed by atoms with Gasteiger partial charge in [0.1, 0.15) is 23.6 Å². The van der Waals surface area contributed by atoms with Gasteiger partial charge in [-0.15, -0.1) is 5.10 Å². The third-order valence-corrected chi connectivity index (χ3v) is 7.47. The number of pyridine rings is 1. The number of fused-ring (bicyclic) bond motifs is 1. The van der Waals surface area contributed by atoms with Crippen LogP contribution >= 0.6 is 0 Å². The van der Waals surface area contributed by atoms with Gasteiger partial charge in [0, 0.05) is 48.5 Å². The Morgan fingerprint density at radius 1 is 1.09 bits per heavy atom. The Balaban J connectivity index is 1.53. The molecule has 0 amide bonds. The molecular weight excluding hydrogens is 541 g/mol. The van der Waals surface area contributed by atoms with E-state index in [1.807, 2.05) is 0 Å². The monoisotopic (exact) mass is 580 g/mol. The zero-order valence-corrected chi connectivity index (χ0v) is 25.5. The Kier molecular flexibility index (Phi) is 7.72. The number of hydrogen-bond donors (Lipinski definition) is 2. The summed E-state index contributed by atoms with van der Waals surface area (Å²) in [5, 5.41) is 35.8. The van der Waals surface area contributed by atoms with Crippen molar-refractivity contribution >= 4 is 22.3 Å². The molecule has 0 bridgehead atoms. The van der Waals surface area contributed by atoms with Crippen LogP contribution in [0.5, 0.6) is 0 Å². The van der Waals surface area contributed by atoms with Gasteiger partial charge in [0.15, 0.2) is 0 Å².